The number of rotatable bonds is 3. The summed E-state index contributed by atoms with van der Waals surface area (Å²) in [6.07, 6.45) is 9.29. The highest BCUT2D eigenvalue weighted by atomic mass is 14.9. The summed E-state index contributed by atoms with van der Waals surface area (Å²) in [7, 11) is 0. The van der Waals surface area contributed by atoms with Crippen LogP contribution in [0.3, 0.4) is 0 Å². The third kappa shape index (κ3) is 2.41. The molecule has 18 heavy (non-hydrogen) atoms. The third-order valence-corrected chi connectivity index (χ3v) is 4.13. The molecule has 2 aromatic rings. The van der Waals surface area contributed by atoms with Crippen molar-refractivity contribution >= 4 is 11.0 Å². The van der Waals surface area contributed by atoms with Crippen LogP contribution in [0.5, 0.6) is 0 Å². The molecule has 0 saturated heterocycles. The van der Waals surface area contributed by atoms with E-state index in [9.17, 15) is 0 Å². The monoisotopic (exact) mass is 243 g/mol. The molecule has 1 aliphatic carbocycles. The molecule has 96 valence electrons. The number of hydrogen-bond donors (Lipinski definition) is 2. The van der Waals surface area contributed by atoms with Gasteiger partial charge in [0.15, 0.2) is 0 Å². The molecule has 0 spiro atoms. The first-order valence-corrected chi connectivity index (χ1v) is 6.97. The molecule has 1 aliphatic rings. The Balaban J connectivity index is 1.63. The smallest absolute Gasteiger partial charge is 0.137 e. The van der Waals surface area contributed by atoms with Crippen LogP contribution < -0.4 is 5.32 Å². The molecule has 0 amide bonds. The van der Waals surface area contributed by atoms with Gasteiger partial charge in [-0.1, -0.05) is 6.92 Å². The molecule has 2 aromatic heterocycles. The molecule has 3 nitrogen and oxygen atoms in total. The van der Waals surface area contributed by atoms with Crippen LogP contribution in [0.25, 0.3) is 11.0 Å². The fourth-order valence-electron chi connectivity index (χ4n) is 2.88. The predicted molar refractivity (Wildman–Crippen MR) is 74.4 cm³/mol. The highest BCUT2D eigenvalue weighted by Crippen LogP contribution is 2.24. The van der Waals surface area contributed by atoms with Crippen LogP contribution >= 0.6 is 0 Å². The van der Waals surface area contributed by atoms with Crippen molar-refractivity contribution < 1.29 is 0 Å². The van der Waals surface area contributed by atoms with E-state index in [1.807, 2.05) is 12.3 Å². The Labute approximate surface area is 108 Å². The molecule has 3 heteroatoms. The first-order chi connectivity index (χ1) is 8.83. The minimum Gasteiger partial charge on any atom is -0.346 e. The molecular weight excluding hydrogens is 222 g/mol. The zero-order valence-electron chi connectivity index (χ0n) is 10.9. The zero-order valence-corrected chi connectivity index (χ0v) is 10.9. The number of aromatic amines is 1. The highest BCUT2D eigenvalue weighted by molar-refractivity contribution is 5.79. The van der Waals surface area contributed by atoms with Crippen LogP contribution in [-0.4, -0.2) is 16.0 Å². The van der Waals surface area contributed by atoms with Crippen molar-refractivity contribution in [3.05, 3.63) is 30.1 Å². The van der Waals surface area contributed by atoms with E-state index in [1.165, 1.54) is 36.6 Å². The van der Waals surface area contributed by atoms with Gasteiger partial charge in [-0.05, 0) is 49.3 Å². The minimum absolute atomic E-state index is 0.697. The second-order valence-corrected chi connectivity index (χ2v) is 5.55. The van der Waals surface area contributed by atoms with E-state index < -0.39 is 0 Å². The van der Waals surface area contributed by atoms with E-state index in [2.05, 4.69) is 34.5 Å². The summed E-state index contributed by atoms with van der Waals surface area (Å²) in [5.41, 5.74) is 2.32. The largest absolute Gasteiger partial charge is 0.346 e. The number of nitrogens with zero attached hydrogens (tertiary/aromatic N) is 1. The molecule has 2 heterocycles. The van der Waals surface area contributed by atoms with Gasteiger partial charge >= 0.3 is 0 Å². The van der Waals surface area contributed by atoms with Crippen molar-refractivity contribution in [1.82, 2.24) is 15.3 Å². The summed E-state index contributed by atoms with van der Waals surface area (Å²) in [5.74, 6) is 0.917. The Morgan fingerprint density at radius 3 is 3.00 bits per heavy atom. The fourth-order valence-corrected chi connectivity index (χ4v) is 2.88. The number of nitrogens with one attached hydrogen (secondary N) is 2. The van der Waals surface area contributed by atoms with E-state index >= 15 is 0 Å². The number of hydrogen-bond acceptors (Lipinski definition) is 2. The summed E-state index contributed by atoms with van der Waals surface area (Å²) in [6, 6.07) is 4.84. The first kappa shape index (κ1) is 11.7. The van der Waals surface area contributed by atoms with Crippen molar-refractivity contribution in [3.8, 4) is 0 Å². The van der Waals surface area contributed by atoms with E-state index in [4.69, 9.17) is 0 Å². The van der Waals surface area contributed by atoms with Crippen LogP contribution in [0.1, 0.15) is 38.2 Å². The molecule has 1 fully saturated rings. The van der Waals surface area contributed by atoms with Crippen LogP contribution in [0.15, 0.2) is 24.5 Å². The van der Waals surface area contributed by atoms with Gasteiger partial charge in [-0.15, -0.1) is 0 Å². The van der Waals surface area contributed by atoms with Crippen LogP contribution in [-0.2, 0) is 6.54 Å². The van der Waals surface area contributed by atoms with E-state index in [1.54, 1.807) is 0 Å². The summed E-state index contributed by atoms with van der Waals surface area (Å²) < 4.78 is 0. The maximum Gasteiger partial charge on any atom is 0.137 e. The predicted octanol–water partition coefficient (Wildman–Crippen LogP) is 3.23. The number of fused-ring (bicyclic) bond motifs is 1. The van der Waals surface area contributed by atoms with Crippen molar-refractivity contribution in [3.63, 3.8) is 0 Å². The summed E-state index contributed by atoms with van der Waals surface area (Å²) in [6.45, 7) is 3.31. The molecular formula is C15H21N3. The van der Waals surface area contributed by atoms with Gasteiger partial charge in [0.2, 0.25) is 0 Å². The maximum atomic E-state index is 4.32. The van der Waals surface area contributed by atoms with Gasteiger partial charge in [0.25, 0.3) is 0 Å². The molecule has 3 rings (SSSR count). The molecule has 0 atom stereocenters. The van der Waals surface area contributed by atoms with Crippen LogP contribution in [0.2, 0.25) is 0 Å². The number of aromatic nitrogens is 2. The lowest BCUT2D eigenvalue weighted by Gasteiger charge is -2.26. The van der Waals surface area contributed by atoms with Gasteiger partial charge in [0.05, 0.1) is 0 Å². The summed E-state index contributed by atoms with van der Waals surface area (Å²) in [4.78, 5) is 7.56. The average molecular weight is 243 g/mol. The lowest BCUT2D eigenvalue weighted by Crippen LogP contribution is -2.32. The quantitative estimate of drug-likeness (QED) is 0.869. The van der Waals surface area contributed by atoms with E-state index in [-0.39, 0.29) is 0 Å². The van der Waals surface area contributed by atoms with Gasteiger partial charge in [-0.25, -0.2) is 4.98 Å². The molecule has 2 N–H and O–H groups in total. The van der Waals surface area contributed by atoms with Crippen molar-refractivity contribution in [2.75, 3.05) is 0 Å². The Morgan fingerprint density at radius 2 is 2.17 bits per heavy atom. The highest BCUT2D eigenvalue weighted by Gasteiger charge is 2.17. The van der Waals surface area contributed by atoms with Crippen molar-refractivity contribution in [1.29, 1.82) is 0 Å². The fraction of sp³-hybridized carbons (Fsp3) is 0.533. The molecule has 0 aromatic carbocycles. The normalized spacial score (nSPS) is 24.5. The van der Waals surface area contributed by atoms with Gasteiger partial charge in [-0.3, -0.25) is 0 Å². The third-order valence-electron chi connectivity index (χ3n) is 4.13. The SMILES string of the molecule is CC1CCC(NCc2c[nH]c3ncccc23)CC1. The van der Waals surface area contributed by atoms with Crippen LogP contribution in [0, 0.1) is 5.92 Å². The topological polar surface area (TPSA) is 40.7 Å². The lowest BCUT2D eigenvalue weighted by molar-refractivity contribution is 0.307. The van der Waals surface area contributed by atoms with Crippen molar-refractivity contribution in [2.45, 2.75) is 45.2 Å². The standard InChI is InChI=1S/C15H21N3/c1-11-4-6-13(7-5-11)17-9-12-10-18-15-14(12)3-2-8-16-15/h2-3,8,10-11,13,17H,4-7,9H2,1H3,(H,16,18). The summed E-state index contributed by atoms with van der Waals surface area (Å²) >= 11 is 0. The van der Waals surface area contributed by atoms with E-state index in [0.717, 1.165) is 18.1 Å². The number of H-pyrrole nitrogens is 1. The molecule has 0 aliphatic heterocycles. The lowest BCUT2D eigenvalue weighted by atomic mass is 9.87. The molecule has 0 radical (unpaired) electrons. The molecule has 0 bridgehead atoms. The Kier molecular flexibility index (Phi) is 3.33. The molecule has 0 unspecified atom stereocenters. The van der Waals surface area contributed by atoms with Gasteiger partial charge in [0, 0.05) is 30.4 Å². The first-order valence-electron chi connectivity index (χ1n) is 6.97. The van der Waals surface area contributed by atoms with Gasteiger partial charge in [0.1, 0.15) is 5.65 Å². The summed E-state index contributed by atoms with van der Waals surface area (Å²) in [5, 5.41) is 4.93. The van der Waals surface area contributed by atoms with Gasteiger partial charge < -0.3 is 10.3 Å². The molecule has 1 saturated carbocycles. The second kappa shape index (κ2) is 5.11. The van der Waals surface area contributed by atoms with Gasteiger partial charge in [-0.2, -0.15) is 0 Å². The second-order valence-electron chi connectivity index (χ2n) is 5.55. The van der Waals surface area contributed by atoms with Crippen LogP contribution in [0.4, 0.5) is 0 Å². The number of pyridine rings is 1. The van der Waals surface area contributed by atoms with Crippen molar-refractivity contribution in [2.24, 2.45) is 5.92 Å². The Morgan fingerprint density at radius 1 is 1.33 bits per heavy atom. The Hall–Kier alpha value is -1.35. The zero-order chi connectivity index (χ0) is 12.4. The maximum absolute atomic E-state index is 4.32. The minimum atomic E-state index is 0.697. The Bertz CT molecular complexity index is 509. The average Bonchev–Trinajstić information content (AvgIpc) is 2.82. The van der Waals surface area contributed by atoms with E-state index in [0.29, 0.717) is 6.04 Å².